The fraction of sp³-hybridized carbons (Fsp3) is 0.226. The first-order chi connectivity index (χ1) is 18.4. The van der Waals surface area contributed by atoms with Crippen molar-refractivity contribution in [3.63, 3.8) is 0 Å². The van der Waals surface area contributed by atoms with Crippen molar-refractivity contribution in [3.8, 4) is 0 Å². The number of rotatable bonds is 7. The zero-order valence-electron chi connectivity index (χ0n) is 21.0. The van der Waals surface area contributed by atoms with Crippen molar-refractivity contribution in [1.29, 1.82) is 0 Å². The number of allylic oxidation sites excluding steroid dienone is 2. The van der Waals surface area contributed by atoms with Crippen LogP contribution in [0.25, 0.3) is 28.1 Å². The van der Waals surface area contributed by atoms with E-state index in [1.165, 1.54) is 18.2 Å². The lowest BCUT2D eigenvalue weighted by molar-refractivity contribution is -0.107. The van der Waals surface area contributed by atoms with Gasteiger partial charge in [-0.15, -0.1) is 0 Å². The number of aromatic nitrogens is 2. The number of benzene rings is 3. The Bertz CT molecular complexity index is 1530. The molecule has 1 aromatic heterocycles. The number of fused-ring (bicyclic) bond motifs is 1. The third kappa shape index (κ3) is 5.60. The minimum Gasteiger partial charge on any atom is -0.356 e. The van der Waals surface area contributed by atoms with E-state index >= 15 is 0 Å². The molecule has 194 valence electrons. The Morgan fingerprint density at radius 1 is 1.11 bits per heavy atom. The van der Waals surface area contributed by atoms with Gasteiger partial charge in [-0.3, -0.25) is 4.79 Å². The minimum atomic E-state index is -0.527. The third-order valence-electron chi connectivity index (χ3n) is 6.83. The van der Waals surface area contributed by atoms with Crippen molar-refractivity contribution in [2.24, 2.45) is 0 Å². The first kappa shape index (κ1) is 26.4. The number of halogens is 3. The van der Waals surface area contributed by atoms with Gasteiger partial charge in [-0.25, -0.2) is 9.07 Å². The van der Waals surface area contributed by atoms with E-state index in [0.717, 1.165) is 70.2 Å². The van der Waals surface area contributed by atoms with Crippen molar-refractivity contribution >= 4 is 56.6 Å². The number of carbonyl (C=O) groups excluding carboxylic acids is 1. The molecular weight excluding hydrogens is 522 g/mol. The van der Waals surface area contributed by atoms with Crippen LogP contribution in [-0.2, 0) is 9.53 Å². The van der Waals surface area contributed by atoms with Crippen molar-refractivity contribution < 1.29 is 13.9 Å². The van der Waals surface area contributed by atoms with Gasteiger partial charge in [0.1, 0.15) is 5.82 Å². The Balaban J connectivity index is 1.65. The second-order valence-corrected chi connectivity index (χ2v) is 10.1. The van der Waals surface area contributed by atoms with Gasteiger partial charge in [0, 0.05) is 12.0 Å². The predicted octanol–water partition coefficient (Wildman–Crippen LogP) is 8.68. The minimum absolute atomic E-state index is 0.0493. The summed E-state index contributed by atoms with van der Waals surface area (Å²) in [5.41, 5.74) is 6.61. The zero-order valence-corrected chi connectivity index (χ0v) is 22.5. The van der Waals surface area contributed by atoms with Crippen LogP contribution in [0.3, 0.4) is 0 Å². The topological polar surface area (TPSA) is 44.1 Å². The quantitative estimate of drug-likeness (QED) is 0.132. The number of carbonyl (C=O) groups is 1. The molecule has 4 nitrogen and oxygen atoms in total. The smallest absolute Gasteiger partial charge is 0.245 e. The maximum Gasteiger partial charge on any atom is 0.245 e. The predicted molar refractivity (Wildman–Crippen MR) is 153 cm³/mol. The molecule has 0 radical (unpaired) electrons. The molecule has 1 atom stereocenters. The normalized spacial score (nSPS) is 16.7. The summed E-state index contributed by atoms with van der Waals surface area (Å²) in [6.07, 6.45) is 8.65. The maximum atomic E-state index is 13.9. The zero-order chi connectivity index (χ0) is 26.6. The molecule has 0 amide bonds. The van der Waals surface area contributed by atoms with Crippen molar-refractivity contribution in [3.05, 3.63) is 106 Å². The van der Waals surface area contributed by atoms with E-state index in [1.807, 2.05) is 35.1 Å². The van der Waals surface area contributed by atoms with Crippen LogP contribution in [0, 0.1) is 5.82 Å². The largest absolute Gasteiger partial charge is 0.356 e. The highest BCUT2D eigenvalue weighted by Crippen LogP contribution is 2.39. The Hall–Kier alpha value is -3.25. The molecule has 0 N–H and O–H groups in total. The standard InChI is InChI=1S/C31H27Cl2FN2O2/c1-2-25(26-13-12-24(34)18-27(26)32)31(21-9-6-20(7-10-21)8-15-29(33)37)22-11-14-28-23(17-22)19-35-36(28)30-5-3-4-16-38-30/h6-15,17-19,30H,2-5,16H2,1H3. The Morgan fingerprint density at radius 3 is 2.58 bits per heavy atom. The lowest BCUT2D eigenvalue weighted by Crippen LogP contribution is -2.18. The van der Waals surface area contributed by atoms with Gasteiger partial charge in [0.25, 0.3) is 0 Å². The highest BCUT2D eigenvalue weighted by atomic mass is 35.5. The number of nitrogens with zero attached hydrogens (tertiary/aromatic N) is 2. The van der Waals surface area contributed by atoms with Crippen LogP contribution in [0.4, 0.5) is 4.39 Å². The van der Waals surface area contributed by atoms with Crippen LogP contribution in [0.1, 0.15) is 61.1 Å². The molecule has 5 rings (SSSR count). The highest BCUT2D eigenvalue weighted by Gasteiger charge is 2.20. The van der Waals surface area contributed by atoms with E-state index < -0.39 is 5.24 Å². The average Bonchev–Trinajstić information content (AvgIpc) is 3.35. The molecular formula is C31H27Cl2FN2O2. The van der Waals surface area contributed by atoms with E-state index in [-0.39, 0.29) is 12.0 Å². The summed E-state index contributed by atoms with van der Waals surface area (Å²) in [7, 11) is 0. The maximum absolute atomic E-state index is 13.9. The number of ether oxygens (including phenoxy) is 1. The second-order valence-electron chi connectivity index (χ2n) is 9.27. The first-order valence-corrected chi connectivity index (χ1v) is 13.5. The van der Waals surface area contributed by atoms with Crippen LogP contribution in [0.2, 0.25) is 5.02 Å². The molecule has 3 aromatic carbocycles. The monoisotopic (exact) mass is 548 g/mol. The second kappa shape index (κ2) is 11.6. The van der Waals surface area contributed by atoms with Crippen LogP contribution in [-0.4, -0.2) is 21.6 Å². The molecule has 2 heterocycles. The molecule has 0 saturated carbocycles. The molecule has 1 unspecified atom stereocenters. The molecule has 38 heavy (non-hydrogen) atoms. The molecule has 1 saturated heterocycles. The van der Waals surface area contributed by atoms with Crippen LogP contribution in [0.15, 0.2) is 72.9 Å². The van der Waals surface area contributed by atoms with Crippen LogP contribution in [0.5, 0.6) is 0 Å². The Labute approximate surface area is 231 Å². The van der Waals surface area contributed by atoms with Crippen molar-refractivity contribution in [2.75, 3.05) is 6.61 Å². The number of hydrogen-bond acceptors (Lipinski definition) is 3. The summed E-state index contributed by atoms with van der Waals surface area (Å²) in [6.45, 7) is 2.81. The summed E-state index contributed by atoms with van der Waals surface area (Å²) >= 11 is 12.0. The van der Waals surface area contributed by atoms with E-state index in [9.17, 15) is 9.18 Å². The van der Waals surface area contributed by atoms with Crippen molar-refractivity contribution in [1.82, 2.24) is 9.78 Å². The van der Waals surface area contributed by atoms with Gasteiger partial charge in [-0.2, -0.15) is 5.10 Å². The van der Waals surface area contributed by atoms with Gasteiger partial charge >= 0.3 is 0 Å². The fourth-order valence-corrected chi connectivity index (χ4v) is 5.37. The van der Waals surface area contributed by atoms with Crippen molar-refractivity contribution in [2.45, 2.75) is 38.8 Å². The molecule has 0 aliphatic carbocycles. The molecule has 1 aliphatic heterocycles. The summed E-state index contributed by atoms with van der Waals surface area (Å²) in [6, 6.07) is 18.7. The van der Waals surface area contributed by atoms with E-state index in [2.05, 4.69) is 30.2 Å². The Morgan fingerprint density at radius 2 is 1.89 bits per heavy atom. The van der Waals surface area contributed by atoms with Crippen LogP contribution >= 0.6 is 23.2 Å². The molecule has 7 heteroatoms. The lowest BCUT2D eigenvalue weighted by Gasteiger charge is -2.23. The lowest BCUT2D eigenvalue weighted by atomic mass is 9.87. The van der Waals surface area contributed by atoms with Gasteiger partial charge < -0.3 is 4.74 Å². The van der Waals surface area contributed by atoms with E-state index in [1.54, 1.807) is 12.1 Å². The van der Waals surface area contributed by atoms with Gasteiger partial charge in [0.15, 0.2) is 6.23 Å². The summed E-state index contributed by atoms with van der Waals surface area (Å²) in [5, 5.41) is 5.50. The highest BCUT2D eigenvalue weighted by molar-refractivity contribution is 6.66. The molecule has 4 aromatic rings. The summed E-state index contributed by atoms with van der Waals surface area (Å²) < 4.78 is 21.8. The van der Waals surface area contributed by atoms with Gasteiger partial charge in [0.05, 0.1) is 16.7 Å². The summed E-state index contributed by atoms with van der Waals surface area (Å²) in [4.78, 5) is 11.1. The van der Waals surface area contributed by atoms with E-state index in [4.69, 9.17) is 27.9 Å². The average molecular weight is 549 g/mol. The molecule has 1 fully saturated rings. The molecule has 1 aliphatic rings. The SMILES string of the molecule is CCC(=C(c1ccc(C=CC(=O)Cl)cc1)c1ccc2c(cnn2C2CCCCO2)c1)c1ccc(F)cc1Cl. The molecule has 0 spiro atoms. The van der Waals surface area contributed by atoms with Gasteiger partial charge in [-0.05, 0) is 101 Å². The Kier molecular flexibility index (Phi) is 8.08. The third-order valence-corrected chi connectivity index (χ3v) is 7.27. The summed E-state index contributed by atoms with van der Waals surface area (Å²) in [5.74, 6) is -0.375. The fourth-order valence-electron chi connectivity index (χ4n) is 5.03. The van der Waals surface area contributed by atoms with E-state index in [0.29, 0.717) is 11.4 Å². The van der Waals surface area contributed by atoms with Gasteiger partial charge in [-0.1, -0.05) is 61.0 Å². The molecule has 0 bridgehead atoms. The number of hydrogen-bond donors (Lipinski definition) is 0. The first-order valence-electron chi connectivity index (χ1n) is 12.7. The van der Waals surface area contributed by atoms with Gasteiger partial charge in [0.2, 0.25) is 5.24 Å². The van der Waals surface area contributed by atoms with Crippen LogP contribution < -0.4 is 0 Å².